The molecule has 1 aliphatic heterocycles. The molecule has 2 unspecified atom stereocenters. The van der Waals surface area contributed by atoms with Gasteiger partial charge in [-0.3, -0.25) is 10.1 Å². The molecule has 7 heteroatoms. The molecule has 0 spiro atoms. The lowest BCUT2D eigenvalue weighted by Gasteiger charge is -2.35. The lowest BCUT2D eigenvalue weighted by atomic mass is 9.95. The van der Waals surface area contributed by atoms with Gasteiger partial charge in [0, 0.05) is 19.2 Å². The molecule has 0 saturated carbocycles. The molecule has 0 bridgehead atoms. The van der Waals surface area contributed by atoms with Crippen molar-refractivity contribution in [1.29, 1.82) is 0 Å². The Balaban J connectivity index is 2.39. The van der Waals surface area contributed by atoms with Crippen molar-refractivity contribution in [1.82, 2.24) is 0 Å². The monoisotopic (exact) mass is 280 g/mol. The number of nitro benzene ring substituents is 1. The summed E-state index contributed by atoms with van der Waals surface area (Å²) in [4.78, 5) is 23.2. The standard InChI is InChI=1S/C13H16N2O5/c1-8-4-5-14(7-12(8)16)11-6-9(13(17)18)2-3-10(11)15(19)20/h2-3,6,8,12,16H,4-5,7H2,1H3,(H,17,18). The summed E-state index contributed by atoms with van der Waals surface area (Å²) in [5.74, 6) is -1.000. The van der Waals surface area contributed by atoms with E-state index in [1.165, 1.54) is 18.2 Å². The van der Waals surface area contributed by atoms with Gasteiger partial charge >= 0.3 is 5.97 Å². The molecule has 0 amide bonds. The summed E-state index contributed by atoms with van der Waals surface area (Å²) in [5.41, 5.74) is 0.108. The lowest BCUT2D eigenvalue weighted by Crippen LogP contribution is -2.43. The molecule has 2 atom stereocenters. The Morgan fingerprint density at radius 3 is 2.75 bits per heavy atom. The van der Waals surface area contributed by atoms with Gasteiger partial charge in [-0.2, -0.15) is 0 Å². The van der Waals surface area contributed by atoms with E-state index in [1.807, 2.05) is 6.92 Å². The third kappa shape index (κ3) is 2.72. The third-order valence-corrected chi connectivity index (χ3v) is 3.68. The van der Waals surface area contributed by atoms with Gasteiger partial charge in [-0.1, -0.05) is 6.92 Å². The molecule has 7 nitrogen and oxygen atoms in total. The van der Waals surface area contributed by atoms with Crippen LogP contribution in [0.15, 0.2) is 18.2 Å². The van der Waals surface area contributed by atoms with Gasteiger partial charge in [-0.15, -0.1) is 0 Å². The van der Waals surface area contributed by atoms with Crippen molar-refractivity contribution in [3.05, 3.63) is 33.9 Å². The maximum absolute atomic E-state index is 11.1. The average Bonchev–Trinajstić information content (AvgIpc) is 2.41. The maximum atomic E-state index is 11.1. The fourth-order valence-electron chi connectivity index (χ4n) is 2.33. The molecule has 108 valence electrons. The Hall–Kier alpha value is -2.15. The van der Waals surface area contributed by atoms with Crippen molar-refractivity contribution < 1.29 is 19.9 Å². The Morgan fingerprint density at radius 1 is 1.50 bits per heavy atom. The van der Waals surface area contributed by atoms with Crippen LogP contribution >= 0.6 is 0 Å². The number of benzene rings is 1. The van der Waals surface area contributed by atoms with Crippen LogP contribution in [0.4, 0.5) is 11.4 Å². The highest BCUT2D eigenvalue weighted by atomic mass is 16.6. The molecule has 1 aliphatic rings. The van der Waals surface area contributed by atoms with E-state index in [0.717, 1.165) is 0 Å². The number of nitrogens with zero attached hydrogens (tertiary/aromatic N) is 2. The van der Waals surface area contributed by atoms with E-state index in [2.05, 4.69) is 0 Å². The van der Waals surface area contributed by atoms with Crippen molar-refractivity contribution >= 4 is 17.3 Å². The quantitative estimate of drug-likeness (QED) is 0.642. The number of β-amino-alcohol motifs (C(OH)–C–C–N with tert-alkyl or cyclic N) is 1. The fraction of sp³-hybridized carbons (Fsp3) is 0.462. The molecule has 2 rings (SSSR count). The first kappa shape index (κ1) is 14.3. The number of nitro groups is 1. The van der Waals surface area contributed by atoms with E-state index in [1.54, 1.807) is 4.90 Å². The van der Waals surface area contributed by atoms with Crippen molar-refractivity contribution in [3.63, 3.8) is 0 Å². The Bertz CT molecular complexity index is 546. The van der Waals surface area contributed by atoms with Crippen LogP contribution in [0.2, 0.25) is 0 Å². The van der Waals surface area contributed by atoms with Gasteiger partial charge in [0.1, 0.15) is 5.69 Å². The largest absolute Gasteiger partial charge is 0.478 e. The Morgan fingerprint density at radius 2 is 2.20 bits per heavy atom. The first-order valence-electron chi connectivity index (χ1n) is 6.35. The molecule has 1 fully saturated rings. The summed E-state index contributed by atoms with van der Waals surface area (Å²) in [6, 6.07) is 3.71. The number of carboxylic acid groups (broad SMARTS) is 1. The van der Waals surface area contributed by atoms with Crippen molar-refractivity contribution in [2.45, 2.75) is 19.4 Å². The first-order chi connectivity index (χ1) is 9.40. The summed E-state index contributed by atoms with van der Waals surface area (Å²) in [6.07, 6.45) is 0.132. The van der Waals surface area contributed by atoms with E-state index < -0.39 is 17.0 Å². The van der Waals surface area contributed by atoms with Crippen LogP contribution in [0.3, 0.4) is 0 Å². The molecule has 1 aromatic carbocycles. The van der Waals surface area contributed by atoms with Gasteiger partial charge in [0.05, 0.1) is 16.6 Å². The molecule has 0 aromatic heterocycles. The van der Waals surface area contributed by atoms with Crippen LogP contribution in [-0.4, -0.2) is 40.3 Å². The van der Waals surface area contributed by atoms with Gasteiger partial charge in [0.25, 0.3) is 5.69 Å². The SMILES string of the molecule is CC1CCN(c2cc(C(=O)O)ccc2[N+](=O)[O-])CC1O. The van der Waals surface area contributed by atoms with Gasteiger partial charge in [0.15, 0.2) is 0 Å². The van der Waals surface area contributed by atoms with Crippen LogP contribution in [0.25, 0.3) is 0 Å². The van der Waals surface area contributed by atoms with E-state index in [9.17, 15) is 20.0 Å². The Kier molecular flexibility index (Phi) is 3.89. The minimum Gasteiger partial charge on any atom is -0.478 e. The fourth-order valence-corrected chi connectivity index (χ4v) is 2.33. The summed E-state index contributed by atoms with van der Waals surface area (Å²) in [5, 5.41) is 29.9. The zero-order chi connectivity index (χ0) is 14.9. The number of aliphatic hydroxyl groups is 1. The zero-order valence-corrected chi connectivity index (χ0v) is 11.0. The van der Waals surface area contributed by atoms with Crippen LogP contribution in [-0.2, 0) is 0 Å². The molecule has 0 radical (unpaired) electrons. The highest BCUT2D eigenvalue weighted by Crippen LogP contribution is 2.32. The number of piperidine rings is 1. The normalized spacial score (nSPS) is 22.6. The second-order valence-corrected chi connectivity index (χ2v) is 5.05. The molecular formula is C13H16N2O5. The van der Waals surface area contributed by atoms with E-state index in [4.69, 9.17) is 5.11 Å². The minimum absolute atomic E-state index is 0.00119. The molecular weight excluding hydrogens is 264 g/mol. The van der Waals surface area contributed by atoms with E-state index in [0.29, 0.717) is 13.0 Å². The maximum Gasteiger partial charge on any atom is 0.335 e. The molecule has 2 N–H and O–H groups in total. The molecule has 1 heterocycles. The number of hydrogen-bond donors (Lipinski definition) is 2. The van der Waals surface area contributed by atoms with Crippen LogP contribution in [0, 0.1) is 16.0 Å². The number of anilines is 1. The number of hydrogen-bond acceptors (Lipinski definition) is 5. The number of aromatic carboxylic acids is 1. The van der Waals surface area contributed by atoms with Gasteiger partial charge in [0.2, 0.25) is 0 Å². The summed E-state index contributed by atoms with van der Waals surface area (Å²) in [6.45, 7) is 2.75. The van der Waals surface area contributed by atoms with Crippen molar-refractivity contribution in [3.8, 4) is 0 Å². The van der Waals surface area contributed by atoms with E-state index >= 15 is 0 Å². The van der Waals surface area contributed by atoms with Crippen LogP contribution in [0.1, 0.15) is 23.7 Å². The molecule has 20 heavy (non-hydrogen) atoms. The highest BCUT2D eigenvalue weighted by Gasteiger charge is 2.29. The smallest absolute Gasteiger partial charge is 0.335 e. The predicted molar refractivity (Wildman–Crippen MR) is 72.1 cm³/mol. The average molecular weight is 280 g/mol. The second-order valence-electron chi connectivity index (χ2n) is 5.05. The van der Waals surface area contributed by atoms with Crippen LogP contribution in [0.5, 0.6) is 0 Å². The number of carbonyl (C=O) groups is 1. The molecule has 0 aliphatic carbocycles. The lowest BCUT2D eigenvalue weighted by molar-refractivity contribution is -0.384. The van der Waals surface area contributed by atoms with Gasteiger partial charge < -0.3 is 15.1 Å². The first-order valence-corrected chi connectivity index (χ1v) is 6.35. The van der Waals surface area contributed by atoms with Gasteiger partial charge in [-0.05, 0) is 24.5 Å². The number of carboxylic acids is 1. The molecule has 1 aromatic rings. The second kappa shape index (κ2) is 5.46. The summed E-state index contributed by atoms with van der Waals surface area (Å²) >= 11 is 0. The molecule has 1 saturated heterocycles. The number of aliphatic hydroxyl groups excluding tert-OH is 1. The Labute approximate surface area is 115 Å². The predicted octanol–water partition coefficient (Wildman–Crippen LogP) is 1.50. The summed E-state index contributed by atoms with van der Waals surface area (Å²) in [7, 11) is 0. The topological polar surface area (TPSA) is 104 Å². The number of rotatable bonds is 3. The van der Waals surface area contributed by atoms with E-state index in [-0.39, 0.29) is 29.4 Å². The third-order valence-electron chi connectivity index (χ3n) is 3.68. The van der Waals surface area contributed by atoms with Crippen LogP contribution < -0.4 is 4.90 Å². The highest BCUT2D eigenvalue weighted by molar-refractivity contribution is 5.90. The summed E-state index contributed by atoms with van der Waals surface area (Å²) < 4.78 is 0. The van der Waals surface area contributed by atoms with Crippen molar-refractivity contribution in [2.75, 3.05) is 18.0 Å². The van der Waals surface area contributed by atoms with Crippen molar-refractivity contribution in [2.24, 2.45) is 5.92 Å². The zero-order valence-electron chi connectivity index (χ0n) is 11.0. The minimum atomic E-state index is -1.13. The van der Waals surface area contributed by atoms with Gasteiger partial charge in [-0.25, -0.2) is 4.79 Å².